The van der Waals surface area contributed by atoms with Crippen molar-refractivity contribution in [2.45, 2.75) is 38.8 Å². The quantitative estimate of drug-likeness (QED) is 0.849. The van der Waals surface area contributed by atoms with Gasteiger partial charge in [0.15, 0.2) is 0 Å². The first-order valence-corrected chi connectivity index (χ1v) is 6.26. The smallest absolute Gasteiger partial charge is 0.124 e. The molecule has 0 amide bonds. The number of halogens is 1. The molecule has 1 aromatic carbocycles. The van der Waals surface area contributed by atoms with Gasteiger partial charge in [-0.3, -0.25) is 0 Å². The minimum Gasteiger partial charge on any atom is -0.494 e. The maximum absolute atomic E-state index is 6.03. The summed E-state index contributed by atoms with van der Waals surface area (Å²) < 4.78 is 5.62. The molecule has 0 aliphatic heterocycles. The Morgan fingerprint density at radius 3 is 2.88 bits per heavy atom. The summed E-state index contributed by atoms with van der Waals surface area (Å²) in [5.41, 5.74) is 1.15. The van der Waals surface area contributed by atoms with Crippen LogP contribution in [0.5, 0.6) is 5.75 Å². The van der Waals surface area contributed by atoms with Crippen molar-refractivity contribution in [3.05, 3.63) is 28.8 Å². The Morgan fingerprint density at radius 1 is 1.50 bits per heavy atom. The van der Waals surface area contributed by atoms with Crippen LogP contribution in [0.4, 0.5) is 0 Å². The molecular weight excluding hydrogens is 222 g/mol. The lowest BCUT2D eigenvalue weighted by atomic mass is 10.1. The van der Waals surface area contributed by atoms with Crippen molar-refractivity contribution in [2.75, 3.05) is 6.61 Å². The molecule has 0 saturated heterocycles. The van der Waals surface area contributed by atoms with Crippen LogP contribution in [-0.2, 0) is 0 Å². The summed E-state index contributed by atoms with van der Waals surface area (Å²) in [6.07, 6.45) is 2.57. The fourth-order valence-electron chi connectivity index (χ4n) is 1.84. The highest BCUT2D eigenvalue weighted by molar-refractivity contribution is 6.30. The minimum absolute atomic E-state index is 0.299. The molecule has 2 rings (SSSR count). The highest BCUT2D eigenvalue weighted by Gasteiger charge is 2.24. The zero-order valence-corrected chi connectivity index (χ0v) is 10.6. The van der Waals surface area contributed by atoms with Gasteiger partial charge >= 0.3 is 0 Å². The van der Waals surface area contributed by atoms with Gasteiger partial charge in [-0.25, -0.2) is 0 Å². The molecule has 1 atom stereocenters. The summed E-state index contributed by atoms with van der Waals surface area (Å²) in [5.74, 6) is 0.938. The lowest BCUT2D eigenvalue weighted by Gasteiger charge is -2.18. The third-order valence-electron chi connectivity index (χ3n) is 2.80. The molecule has 1 aromatic rings. The van der Waals surface area contributed by atoms with E-state index in [0.717, 1.165) is 16.3 Å². The van der Waals surface area contributed by atoms with Gasteiger partial charge in [0.05, 0.1) is 6.61 Å². The van der Waals surface area contributed by atoms with Crippen LogP contribution in [0.15, 0.2) is 18.2 Å². The SMILES string of the molecule is CCOc1ccc(Cl)cc1C(C)NC1CC1. The number of ether oxygens (including phenoxy) is 1. The van der Waals surface area contributed by atoms with Crippen molar-refractivity contribution in [3.8, 4) is 5.75 Å². The van der Waals surface area contributed by atoms with Crippen LogP contribution >= 0.6 is 11.6 Å². The number of benzene rings is 1. The Morgan fingerprint density at radius 2 is 2.25 bits per heavy atom. The van der Waals surface area contributed by atoms with E-state index >= 15 is 0 Å². The van der Waals surface area contributed by atoms with E-state index in [4.69, 9.17) is 16.3 Å². The van der Waals surface area contributed by atoms with Gasteiger partial charge in [0.1, 0.15) is 5.75 Å². The first-order chi connectivity index (χ1) is 7.70. The van der Waals surface area contributed by atoms with Crippen LogP contribution in [0.1, 0.15) is 38.3 Å². The Kier molecular flexibility index (Phi) is 3.72. The van der Waals surface area contributed by atoms with E-state index in [1.54, 1.807) is 0 Å². The molecule has 3 heteroatoms. The van der Waals surface area contributed by atoms with Crippen molar-refractivity contribution >= 4 is 11.6 Å². The molecule has 1 N–H and O–H groups in total. The van der Waals surface area contributed by atoms with Crippen molar-refractivity contribution in [1.29, 1.82) is 0 Å². The molecule has 0 heterocycles. The zero-order valence-electron chi connectivity index (χ0n) is 9.79. The molecule has 0 aromatic heterocycles. The molecule has 1 aliphatic carbocycles. The first-order valence-electron chi connectivity index (χ1n) is 5.89. The number of hydrogen-bond acceptors (Lipinski definition) is 2. The normalized spacial score (nSPS) is 17.2. The lowest BCUT2D eigenvalue weighted by Crippen LogP contribution is -2.21. The summed E-state index contributed by atoms with van der Waals surface area (Å²) >= 11 is 6.03. The van der Waals surface area contributed by atoms with Crippen LogP contribution < -0.4 is 10.1 Å². The summed E-state index contributed by atoms with van der Waals surface area (Å²) in [6, 6.07) is 6.80. The van der Waals surface area contributed by atoms with Gasteiger partial charge in [-0.15, -0.1) is 0 Å². The van der Waals surface area contributed by atoms with Crippen molar-refractivity contribution in [1.82, 2.24) is 5.32 Å². The van der Waals surface area contributed by atoms with Crippen molar-refractivity contribution in [2.24, 2.45) is 0 Å². The van der Waals surface area contributed by atoms with Gasteiger partial charge < -0.3 is 10.1 Å². The average molecular weight is 240 g/mol. The van der Waals surface area contributed by atoms with Gasteiger partial charge in [-0.1, -0.05) is 11.6 Å². The van der Waals surface area contributed by atoms with Gasteiger partial charge in [0.2, 0.25) is 0 Å². The lowest BCUT2D eigenvalue weighted by molar-refractivity contribution is 0.332. The minimum atomic E-state index is 0.299. The number of rotatable bonds is 5. The Hall–Kier alpha value is -0.730. The van der Waals surface area contributed by atoms with Crippen LogP contribution in [0, 0.1) is 0 Å². The van der Waals surface area contributed by atoms with E-state index in [-0.39, 0.29) is 0 Å². The molecule has 16 heavy (non-hydrogen) atoms. The molecule has 0 bridgehead atoms. The summed E-state index contributed by atoms with van der Waals surface area (Å²) in [6.45, 7) is 4.84. The van der Waals surface area contributed by atoms with Crippen LogP contribution in [0.2, 0.25) is 5.02 Å². The molecule has 1 saturated carbocycles. The van der Waals surface area contributed by atoms with Crippen LogP contribution in [-0.4, -0.2) is 12.6 Å². The van der Waals surface area contributed by atoms with Gasteiger partial charge in [0.25, 0.3) is 0 Å². The summed E-state index contributed by atoms with van der Waals surface area (Å²) in [4.78, 5) is 0. The maximum Gasteiger partial charge on any atom is 0.124 e. The van der Waals surface area contributed by atoms with E-state index in [2.05, 4.69) is 12.2 Å². The molecule has 0 spiro atoms. The summed E-state index contributed by atoms with van der Waals surface area (Å²) in [5, 5.41) is 4.32. The second-order valence-corrected chi connectivity index (χ2v) is 4.71. The molecular formula is C13H18ClNO. The third kappa shape index (κ3) is 2.89. The van der Waals surface area contributed by atoms with Crippen LogP contribution in [0.25, 0.3) is 0 Å². The molecule has 88 valence electrons. The Balaban J connectivity index is 2.17. The number of nitrogens with one attached hydrogen (secondary N) is 1. The largest absolute Gasteiger partial charge is 0.494 e. The van der Waals surface area contributed by atoms with E-state index in [1.807, 2.05) is 25.1 Å². The molecule has 0 radical (unpaired) electrons. The Bertz CT molecular complexity index is 363. The topological polar surface area (TPSA) is 21.3 Å². The monoisotopic (exact) mass is 239 g/mol. The first kappa shape index (κ1) is 11.7. The molecule has 1 aliphatic rings. The van der Waals surface area contributed by atoms with Gasteiger partial charge in [0, 0.05) is 22.7 Å². The number of hydrogen-bond donors (Lipinski definition) is 1. The average Bonchev–Trinajstić information content (AvgIpc) is 3.05. The standard InChI is InChI=1S/C13H18ClNO/c1-3-16-13-7-4-10(14)8-12(13)9(2)15-11-5-6-11/h4,7-9,11,15H,3,5-6H2,1-2H3. The highest BCUT2D eigenvalue weighted by atomic mass is 35.5. The highest BCUT2D eigenvalue weighted by Crippen LogP contribution is 2.31. The Labute approximate surface area is 102 Å². The van der Waals surface area contributed by atoms with E-state index in [0.29, 0.717) is 18.7 Å². The predicted molar refractivity (Wildman–Crippen MR) is 67.2 cm³/mol. The van der Waals surface area contributed by atoms with E-state index in [1.165, 1.54) is 12.8 Å². The zero-order chi connectivity index (χ0) is 11.5. The van der Waals surface area contributed by atoms with Crippen molar-refractivity contribution < 1.29 is 4.74 Å². The summed E-state index contributed by atoms with van der Waals surface area (Å²) in [7, 11) is 0. The maximum atomic E-state index is 6.03. The van der Waals surface area contributed by atoms with Crippen molar-refractivity contribution in [3.63, 3.8) is 0 Å². The van der Waals surface area contributed by atoms with E-state index < -0.39 is 0 Å². The predicted octanol–water partition coefficient (Wildman–Crippen LogP) is 3.55. The van der Waals surface area contributed by atoms with Gasteiger partial charge in [-0.05, 0) is 44.9 Å². The second kappa shape index (κ2) is 5.07. The third-order valence-corrected chi connectivity index (χ3v) is 3.04. The molecule has 1 unspecified atom stereocenters. The van der Waals surface area contributed by atoms with Gasteiger partial charge in [-0.2, -0.15) is 0 Å². The molecule has 2 nitrogen and oxygen atoms in total. The van der Waals surface area contributed by atoms with Crippen LogP contribution in [0.3, 0.4) is 0 Å². The second-order valence-electron chi connectivity index (χ2n) is 4.28. The molecule has 1 fully saturated rings. The fraction of sp³-hybridized carbons (Fsp3) is 0.538. The van der Waals surface area contributed by atoms with E-state index in [9.17, 15) is 0 Å². The fourth-order valence-corrected chi connectivity index (χ4v) is 2.02.